The Balaban J connectivity index is 1.45. The van der Waals surface area contributed by atoms with Crippen LogP contribution in [0.1, 0.15) is 37.7 Å². The predicted octanol–water partition coefficient (Wildman–Crippen LogP) is 2.61. The van der Waals surface area contributed by atoms with Crippen molar-refractivity contribution in [2.24, 2.45) is 17.8 Å². The molecule has 2 aliphatic rings. The van der Waals surface area contributed by atoms with E-state index in [1.807, 2.05) is 6.92 Å². The summed E-state index contributed by atoms with van der Waals surface area (Å²) < 4.78 is 1.72. The van der Waals surface area contributed by atoms with Crippen LogP contribution in [0.15, 0.2) is 43.0 Å². The Morgan fingerprint density at radius 3 is 2.83 bits per heavy atom. The monoisotopic (exact) mass is 324 g/mol. The van der Waals surface area contributed by atoms with Gasteiger partial charge in [-0.15, -0.1) is 0 Å². The molecule has 5 heteroatoms. The fraction of sp³-hybridized carbons (Fsp3) is 0.526. The Bertz CT molecular complexity index is 685. The van der Waals surface area contributed by atoms with Crippen LogP contribution in [0.5, 0.6) is 0 Å². The van der Waals surface area contributed by atoms with Gasteiger partial charge in [0.1, 0.15) is 12.7 Å². The van der Waals surface area contributed by atoms with Crippen molar-refractivity contribution in [3.63, 3.8) is 0 Å². The lowest BCUT2D eigenvalue weighted by molar-refractivity contribution is -0.127. The predicted molar refractivity (Wildman–Crippen MR) is 91.1 cm³/mol. The summed E-state index contributed by atoms with van der Waals surface area (Å²) in [5.74, 6) is 1.88. The van der Waals surface area contributed by atoms with Gasteiger partial charge in [-0.2, -0.15) is 5.10 Å². The molecule has 2 fully saturated rings. The molecule has 1 heterocycles. The third-order valence-electron chi connectivity index (χ3n) is 5.80. The molecule has 1 N–H and O–H groups in total. The van der Waals surface area contributed by atoms with E-state index < -0.39 is 0 Å². The molecule has 4 rings (SSSR count). The van der Waals surface area contributed by atoms with Crippen molar-refractivity contribution in [3.05, 3.63) is 48.5 Å². The van der Waals surface area contributed by atoms with Crippen LogP contribution in [0.2, 0.25) is 0 Å². The van der Waals surface area contributed by atoms with Gasteiger partial charge in [0, 0.05) is 12.0 Å². The zero-order valence-corrected chi connectivity index (χ0v) is 14.0. The number of nitrogens with zero attached hydrogens (tertiary/aromatic N) is 3. The Kier molecular flexibility index (Phi) is 4.08. The minimum atomic E-state index is -0.108. The number of hydrogen-bond acceptors (Lipinski definition) is 3. The Hall–Kier alpha value is -2.17. The highest BCUT2D eigenvalue weighted by molar-refractivity contribution is 5.78. The van der Waals surface area contributed by atoms with E-state index in [0.29, 0.717) is 18.4 Å². The SMILES string of the molecule is CC(Cn1cncn1)C(=O)NC1C2CCCC2C1c1ccccc1. The molecule has 1 aromatic heterocycles. The molecule has 2 aromatic rings. The highest BCUT2D eigenvalue weighted by Crippen LogP contribution is 2.55. The van der Waals surface area contributed by atoms with Crippen LogP contribution in [0.3, 0.4) is 0 Å². The summed E-state index contributed by atoms with van der Waals surface area (Å²) in [4.78, 5) is 16.6. The molecule has 0 bridgehead atoms. The summed E-state index contributed by atoms with van der Waals surface area (Å²) >= 11 is 0. The zero-order chi connectivity index (χ0) is 16.5. The van der Waals surface area contributed by atoms with Crippen molar-refractivity contribution in [1.29, 1.82) is 0 Å². The van der Waals surface area contributed by atoms with E-state index in [1.54, 1.807) is 11.0 Å². The van der Waals surface area contributed by atoms with E-state index in [1.165, 1.54) is 31.2 Å². The maximum Gasteiger partial charge on any atom is 0.224 e. The minimum absolute atomic E-state index is 0.108. The lowest BCUT2D eigenvalue weighted by Gasteiger charge is -2.50. The van der Waals surface area contributed by atoms with Gasteiger partial charge >= 0.3 is 0 Å². The molecule has 0 aliphatic heterocycles. The average molecular weight is 324 g/mol. The van der Waals surface area contributed by atoms with Gasteiger partial charge in [-0.25, -0.2) is 4.98 Å². The number of carbonyl (C=O) groups is 1. The molecule has 24 heavy (non-hydrogen) atoms. The van der Waals surface area contributed by atoms with E-state index >= 15 is 0 Å². The van der Waals surface area contributed by atoms with E-state index in [9.17, 15) is 4.79 Å². The molecule has 2 aliphatic carbocycles. The van der Waals surface area contributed by atoms with Crippen LogP contribution in [0.25, 0.3) is 0 Å². The van der Waals surface area contributed by atoms with Gasteiger partial charge in [-0.1, -0.05) is 43.7 Å². The lowest BCUT2D eigenvalue weighted by Crippen LogP contribution is -2.57. The molecular formula is C19H24N4O. The molecule has 0 saturated heterocycles. The van der Waals surface area contributed by atoms with Gasteiger partial charge < -0.3 is 5.32 Å². The Morgan fingerprint density at radius 2 is 2.08 bits per heavy atom. The first kappa shape index (κ1) is 15.4. The number of benzene rings is 1. The van der Waals surface area contributed by atoms with Gasteiger partial charge in [-0.3, -0.25) is 9.48 Å². The molecule has 5 nitrogen and oxygen atoms in total. The lowest BCUT2D eigenvalue weighted by atomic mass is 9.59. The molecular weight excluding hydrogens is 300 g/mol. The second-order valence-corrected chi connectivity index (χ2v) is 7.25. The first-order valence-electron chi connectivity index (χ1n) is 8.92. The fourth-order valence-electron chi connectivity index (χ4n) is 4.62. The second-order valence-electron chi connectivity index (χ2n) is 7.25. The highest BCUT2D eigenvalue weighted by Gasteiger charge is 2.53. The molecule has 5 unspecified atom stereocenters. The van der Waals surface area contributed by atoms with E-state index in [0.717, 1.165) is 5.92 Å². The summed E-state index contributed by atoms with van der Waals surface area (Å²) in [5, 5.41) is 7.44. The third kappa shape index (κ3) is 2.72. The number of carbonyl (C=O) groups excluding carboxylic acids is 1. The van der Waals surface area contributed by atoms with Crippen molar-refractivity contribution in [1.82, 2.24) is 20.1 Å². The van der Waals surface area contributed by atoms with Crippen LogP contribution in [-0.2, 0) is 11.3 Å². The van der Waals surface area contributed by atoms with Crippen LogP contribution in [0, 0.1) is 17.8 Å². The molecule has 5 atom stereocenters. The minimum Gasteiger partial charge on any atom is -0.352 e. The van der Waals surface area contributed by atoms with Gasteiger partial charge in [0.2, 0.25) is 5.91 Å². The topological polar surface area (TPSA) is 59.8 Å². The number of nitrogens with one attached hydrogen (secondary N) is 1. The van der Waals surface area contributed by atoms with Crippen molar-refractivity contribution >= 4 is 5.91 Å². The van der Waals surface area contributed by atoms with Gasteiger partial charge in [-0.05, 0) is 30.2 Å². The molecule has 1 aromatic carbocycles. The van der Waals surface area contributed by atoms with Crippen molar-refractivity contribution in [2.45, 2.75) is 44.7 Å². The summed E-state index contributed by atoms with van der Waals surface area (Å²) in [6.07, 6.45) is 7.00. The maximum absolute atomic E-state index is 12.7. The number of aromatic nitrogens is 3. The summed E-state index contributed by atoms with van der Waals surface area (Å²) in [6.45, 7) is 2.53. The van der Waals surface area contributed by atoms with Crippen LogP contribution in [-0.4, -0.2) is 26.7 Å². The second kappa shape index (κ2) is 6.38. The quantitative estimate of drug-likeness (QED) is 0.920. The van der Waals surface area contributed by atoms with Crippen molar-refractivity contribution in [2.75, 3.05) is 0 Å². The number of hydrogen-bond donors (Lipinski definition) is 1. The largest absolute Gasteiger partial charge is 0.352 e. The highest BCUT2D eigenvalue weighted by atomic mass is 16.2. The third-order valence-corrected chi connectivity index (χ3v) is 5.80. The molecule has 126 valence electrons. The Labute approximate surface area is 142 Å². The maximum atomic E-state index is 12.7. The normalized spacial score (nSPS) is 29.5. The summed E-state index contributed by atoms with van der Waals surface area (Å²) in [7, 11) is 0. The standard InChI is InChI=1S/C19H24N4O/c1-13(10-23-12-20-11-21-23)19(24)22-18-16-9-5-8-15(16)17(18)14-6-3-2-4-7-14/h2-4,6-7,11-13,15-18H,5,8-10H2,1H3,(H,22,24). The zero-order valence-electron chi connectivity index (χ0n) is 14.0. The average Bonchev–Trinajstić information content (AvgIpc) is 3.24. The van der Waals surface area contributed by atoms with E-state index in [-0.39, 0.29) is 17.9 Å². The Morgan fingerprint density at radius 1 is 1.29 bits per heavy atom. The van der Waals surface area contributed by atoms with Crippen LogP contribution in [0.4, 0.5) is 0 Å². The molecule has 1 amide bonds. The van der Waals surface area contributed by atoms with Crippen LogP contribution >= 0.6 is 0 Å². The first-order valence-corrected chi connectivity index (χ1v) is 8.92. The van der Waals surface area contributed by atoms with Gasteiger partial charge in [0.05, 0.1) is 12.5 Å². The van der Waals surface area contributed by atoms with Crippen molar-refractivity contribution < 1.29 is 4.79 Å². The van der Waals surface area contributed by atoms with Crippen molar-refractivity contribution in [3.8, 4) is 0 Å². The molecule has 2 saturated carbocycles. The van der Waals surface area contributed by atoms with Gasteiger partial charge in [0.15, 0.2) is 0 Å². The molecule has 0 radical (unpaired) electrons. The molecule has 0 spiro atoms. The van der Waals surface area contributed by atoms with Crippen LogP contribution < -0.4 is 5.32 Å². The smallest absolute Gasteiger partial charge is 0.224 e. The first-order chi connectivity index (χ1) is 11.7. The van der Waals surface area contributed by atoms with E-state index in [2.05, 4.69) is 45.7 Å². The summed E-state index contributed by atoms with van der Waals surface area (Å²) in [5.41, 5.74) is 1.37. The summed E-state index contributed by atoms with van der Waals surface area (Å²) in [6, 6.07) is 11.0. The van der Waals surface area contributed by atoms with E-state index in [4.69, 9.17) is 0 Å². The number of rotatable bonds is 5. The fourth-order valence-corrected chi connectivity index (χ4v) is 4.62. The number of amides is 1. The number of fused-ring (bicyclic) bond motifs is 1. The van der Waals surface area contributed by atoms with Gasteiger partial charge in [0.25, 0.3) is 0 Å².